The van der Waals surface area contributed by atoms with Crippen LogP contribution in [0, 0.1) is 0 Å². The third-order valence-corrected chi connectivity index (χ3v) is 5.64. The molecule has 0 bridgehead atoms. The predicted molar refractivity (Wildman–Crippen MR) is 94.3 cm³/mol. The Morgan fingerprint density at radius 3 is 1.47 bits per heavy atom. The highest BCUT2D eigenvalue weighted by Crippen LogP contribution is 2.41. The normalized spacial score (nSPS) is 15.9. The van der Waals surface area contributed by atoms with Gasteiger partial charge in [-0.1, -0.05) is 103 Å². The minimum absolute atomic E-state index is 0.0732. The van der Waals surface area contributed by atoms with Crippen LogP contribution in [0.15, 0.2) is 0 Å². The number of alkyl halides is 4. The molecule has 0 saturated carbocycles. The molecule has 0 N–H and O–H groups in total. The molecule has 104 valence electrons. The van der Waals surface area contributed by atoms with E-state index in [1.54, 1.807) is 0 Å². The first kappa shape index (κ1) is 18.9. The Balaban J connectivity index is 3.91. The van der Waals surface area contributed by atoms with Gasteiger partial charge in [0, 0.05) is 9.65 Å². The Kier molecular flexibility index (Phi) is 11.9. The van der Waals surface area contributed by atoms with Crippen LogP contribution in [-0.4, -0.2) is 12.9 Å². The lowest BCUT2D eigenvalue weighted by Crippen LogP contribution is -2.21. The van der Waals surface area contributed by atoms with Crippen molar-refractivity contribution in [3.8, 4) is 0 Å². The molecular formula is C13H24Br4. The average molecular weight is 500 g/mol. The van der Waals surface area contributed by atoms with E-state index in [0.717, 1.165) is 12.8 Å². The lowest BCUT2D eigenvalue weighted by atomic mass is 10.1. The van der Waals surface area contributed by atoms with Gasteiger partial charge in [0.1, 0.15) is 0 Å². The number of hydrogen-bond donors (Lipinski definition) is 0. The molecule has 0 aromatic rings. The molecule has 0 aromatic heterocycles. The van der Waals surface area contributed by atoms with Crippen molar-refractivity contribution in [1.29, 1.82) is 0 Å². The van der Waals surface area contributed by atoms with Crippen LogP contribution in [-0.2, 0) is 0 Å². The van der Waals surface area contributed by atoms with Gasteiger partial charge in [-0.05, 0) is 25.7 Å². The molecule has 0 nitrogen and oxygen atoms in total. The van der Waals surface area contributed by atoms with Gasteiger partial charge >= 0.3 is 0 Å². The monoisotopic (exact) mass is 496 g/mol. The zero-order chi connectivity index (χ0) is 13.3. The summed E-state index contributed by atoms with van der Waals surface area (Å²) in [5, 5.41) is 0. The average Bonchev–Trinajstić information content (AvgIpc) is 2.22. The highest BCUT2D eigenvalue weighted by Gasteiger charge is 2.28. The zero-order valence-corrected chi connectivity index (χ0v) is 17.2. The molecule has 0 aromatic carbocycles. The molecule has 0 fully saturated rings. The fraction of sp³-hybridized carbons (Fsp3) is 1.00. The molecule has 0 spiro atoms. The third kappa shape index (κ3) is 11.4. The minimum Gasteiger partial charge on any atom is -0.0890 e. The van der Waals surface area contributed by atoms with E-state index >= 15 is 0 Å². The van der Waals surface area contributed by atoms with Crippen molar-refractivity contribution in [2.45, 2.75) is 78.1 Å². The maximum atomic E-state index is 3.82. The van der Waals surface area contributed by atoms with Gasteiger partial charge in [0.25, 0.3) is 0 Å². The first-order valence-electron chi connectivity index (χ1n) is 6.57. The van der Waals surface area contributed by atoms with E-state index in [1.165, 1.54) is 38.5 Å². The molecule has 0 radical (unpaired) electrons. The standard InChI is InChI=1S/C13H24Br4/c1-3-5-7-11(14)9-13(16,17)10-12(15)8-6-4-2/h11-12H,3-10H2,1-2H3. The van der Waals surface area contributed by atoms with Gasteiger partial charge in [-0.25, -0.2) is 0 Å². The summed E-state index contributed by atoms with van der Waals surface area (Å²) in [6.45, 7) is 4.49. The van der Waals surface area contributed by atoms with E-state index in [1.807, 2.05) is 0 Å². The molecule has 0 saturated heterocycles. The highest BCUT2D eigenvalue weighted by atomic mass is 79.9. The van der Waals surface area contributed by atoms with Crippen LogP contribution in [0.25, 0.3) is 0 Å². The summed E-state index contributed by atoms with van der Waals surface area (Å²) in [6, 6.07) is 0. The van der Waals surface area contributed by atoms with Crippen LogP contribution in [0.4, 0.5) is 0 Å². The summed E-state index contributed by atoms with van der Waals surface area (Å²) < 4.78 is 0.0732. The van der Waals surface area contributed by atoms with Crippen molar-refractivity contribution in [3.05, 3.63) is 0 Å². The largest absolute Gasteiger partial charge is 0.0890 e. The zero-order valence-electron chi connectivity index (χ0n) is 10.8. The van der Waals surface area contributed by atoms with Gasteiger partial charge in [-0.2, -0.15) is 0 Å². The van der Waals surface area contributed by atoms with E-state index in [2.05, 4.69) is 77.6 Å². The van der Waals surface area contributed by atoms with Crippen LogP contribution < -0.4 is 0 Å². The molecule has 0 aliphatic heterocycles. The molecule has 17 heavy (non-hydrogen) atoms. The maximum absolute atomic E-state index is 3.82. The maximum Gasteiger partial charge on any atom is 0.0826 e. The van der Waals surface area contributed by atoms with Crippen molar-refractivity contribution in [2.75, 3.05) is 0 Å². The first-order chi connectivity index (χ1) is 7.91. The molecule has 0 amide bonds. The lowest BCUT2D eigenvalue weighted by Gasteiger charge is -2.26. The number of hydrogen-bond acceptors (Lipinski definition) is 0. The third-order valence-electron chi connectivity index (χ3n) is 2.78. The highest BCUT2D eigenvalue weighted by molar-refractivity contribution is 9.25. The van der Waals surface area contributed by atoms with Crippen LogP contribution in [0.3, 0.4) is 0 Å². The summed E-state index contributed by atoms with van der Waals surface area (Å²) in [5.41, 5.74) is 0. The Morgan fingerprint density at radius 1 is 0.824 bits per heavy atom. The van der Waals surface area contributed by atoms with Gasteiger partial charge in [0.15, 0.2) is 0 Å². The van der Waals surface area contributed by atoms with Crippen molar-refractivity contribution in [1.82, 2.24) is 0 Å². The van der Waals surface area contributed by atoms with Crippen LogP contribution in [0.1, 0.15) is 65.2 Å². The van der Waals surface area contributed by atoms with Gasteiger partial charge in [-0.3, -0.25) is 0 Å². The van der Waals surface area contributed by atoms with Crippen molar-refractivity contribution in [2.24, 2.45) is 0 Å². The van der Waals surface area contributed by atoms with E-state index in [4.69, 9.17) is 0 Å². The van der Waals surface area contributed by atoms with Gasteiger partial charge < -0.3 is 0 Å². The molecule has 2 unspecified atom stereocenters. The quantitative estimate of drug-likeness (QED) is 0.280. The lowest BCUT2D eigenvalue weighted by molar-refractivity contribution is 0.577. The Hall–Kier alpha value is 1.92. The summed E-state index contributed by atoms with van der Waals surface area (Å²) in [4.78, 5) is 1.21. The van der Waals surface area contributed by atoms with Gasteiger partial charge in [0.05, 0.1) is 3.23 Å². The molecule has 0 heterocycles. The van der Waals surface area contributed by atoms with E-state index in [-0.39, 0.29) is 3.23 Å². The number of unbranched alkanes of at least 4 members (excludes halogenated alkanes) is 2. The molecule has 0 aliphatic rings. The van der Waals surface area contributed by atoms with E-state index in [0.29, 0.717) is 9.65 Å². The summed E-state index contributed by atoms with van der Waals surface area (Å²) in [5.74, 6) is 0. The number of halogens is 4. The Labute approximate surface area is 141 Å². The molecule has 2 atom stereocenters. The van der Waals surface area contributed by atoms with E-state index in [9.17, 15) is 0 Å². The van der Waals surface area contributed by atoms with E-state index < -0.39 is 0 Å². The molecule has 4 heteroatoms. The van der Waals surface area contributed by atoms with Crippen LogP contribution in [0.5, 0.6) is 0 Å². The fourth-order valence-electron chi connectivity index (χ4n) is 1.79. The van der Waals surface area contributed by atoms with Crippen molar-refractivity contribution in [3.63, 3.8) is 0 Å². The van der Waals surface area contributed by atoms with Gasteiger partial charge in [-0.15, -0.1) is 0 Å². The van der Waals surface area contributed by atoms with Crippen LogP contribution >= 0.6 is 63.7 Å². The Bertz CT molecular complexity index is 164. The predicted octanol–water partition coefficient (Wildman–Crippen LogP) is 7.16. The van der Waals surface area contributed by atoms with Crippen molar-refractivity contribution >= 4 is 63.7 Å². The summed E-state index contributed by atoms with van der Waals surface area (Å²) >= 11 is 15.2. The number of rotatable bonds is 10. The first-order valence-corrected chi connectivity index (χ1v) is 9.99. The molecular weight excluding hydrogens is 476 g/mol. The second-order valence-corrected chi connectivity index (χ2v) is 11.4. The minimum atomic E-state index is 0.0732. The van der Waals surface area contributed by atoms with Gasteiger partial charge in [0.2, 0.25) is 0 Å². The second kappa shape index (κ2) is 10.7. The molecule has 0 rings (SSSR count). The van der Waals surface area contributed by atoms with Crippen LogP contribution in [0.2, 0.25) is 0 Å². The topological polar surface area (TPSA) is 0 Å². The SMILES string of the molecule is CCCCC(Br)CC(Br)(Br)CC(Br)CCCC. The summed E-state index contributed by atoms with van der Waals surface area (Å²) in [7, 11) is 0. The molecule has 0 aliphatic carbocycles. The Morgan fingerprint density at radius 2 is 1.18 bits per heavy atom. The fourth-order valence-corrected chi connectivity index (χ4v) is 6.84. The second-order valence-electron chi connectivity index (χ2n) is 4.74. The smallest absolute Gasteiger partial charge is 0.0826 e. The summed E-state index contributed by atoms with van der Waals surface area (Å²) in [6.07, 6.45) is 9.94. The van der Waals surface area contributed by atoms with Crippen molar-refractivity contribution < 1.29 is 0 Å².